The molecule has 27 heavy (non-hydrogen) atoms. The van der Waals surface area contributed by atoms with Crippen LogP contribution in [0.4, 0.5) is 4.39 Å². The van der Waals surface area contributed by atoms with Crippen LogP contribution in [-0.2, 0) is 4.79 Å². The summed E-state index contributed by atoms with van der Waals surface area (Å²) in [7, 11) is 1.57. The molecule has 0 saturated carbocycles. The SMILES string of the molecule is C=NC(=NC(=C)C(=N)CC)c1cccc(C#CC2(O)CCN(C)C2=O)c1F. The summed E-state index contributed by atoms with van der Waals surface area (Å²) in [4.78, 5) is 21.2. The number of hydrogen-bond donors (Lipinski definition) is 2. The highest BCUT2D eigenvalue weighted by atomic mass is 19.1. The summed E-state index contributed by atoms with van der Waals surface area (Å²) < 4.78 is 14.9. The molecule has 1 aromatic rings. The van der Waals surface area contributed by atoms with Gasteiger partial charge in [-0.1, -0.05) is 31.4 Å². The monoisotopic (exact) mass is 368 g/mol. The number of allylic oxidation sites excluding steroid dienone is 1. The number of hydrogen-bond acceptors (Lipinski definition) is 4. The zero-order chi connectivity index (χ0) is 20.2. The third-order valence-corrected chi connectivity index (χ3v) is 4.25. The topological polar surface area (TPSA) is 89.1 Å². The zero-order valence-electron chi connectivity index (χ0n) is 15.3. The van der Waals surface area contributed by atoms with E-state index in [1.165, 1.54) is 17.0 Å². The summed E-state index contributed by atoms with van der Waals surface area (Å²) in [6.07, 6.45) is 0.596. The first-order valence-corrected chi connectivity index (χ1v) is 8.35. The van der Waals surface area contributed by atoms with Crippen LogP contribution in [-0.4, -0.2) is 53.4 Å². The number of likely N-dealkylation sites (N-methyl/N-ethyl adjacent to an activating group) is 1. The standard InChI is InChI=1S/C20H21FN4O2/c1-5-16(22)13(2)24-18(23-3)15-8-6-7-14(17(15)21)9-10-20(27)11-12-25(4)19(20)26/h6-8,22,27H,2-3,5,11-12H2,1,4H3. The highest BCUT2D eigenvalue weighted by Crippen LogP contribution is 2.21. The second-order valence-corrected chi connectivity index (χ2v) is 6.13. The maximum atomic E-state index is 14.9. The Morgan fingerprint density at radius 2 is 2.22 bits per heavy atom. The minimum absolute atomic E-state index is 0.00388. The van der Waals surface area contributed by atoms with Crippen LogP contribution in [0.5, 0.6) is 0 Å². The predicted octanol–water partition coefficient (Wildman–Crippen LogP) is 2.16. The Bertz CT molecular complexity index is 910. The number of halogens is 1. The molecule has 1 saturated heterocycles. The van der Waals surface area contributed by atoms with E-state index in [-0.39, 0.29) is 34.8 Å². The first-order chi connectivity index (χ1) is 12.7. The fraction of sp³-hybridized carbons (Fsp3) is 0.300. The first-order valence-electron chi connectivity index (χ1n) is 8.35. The lowest BCUT2D eigenvalue weighted by molar-refractivity contribution is -0.137. The molecule has 2 N–H and O–H groups in total. The van der Waals surface area contributed by atoms with Gasteiger partial charge >= 0.3 is 0 Å². The Labute approximate surface area is 157 Å². The van der Waals surface area contributed by atoms with Crippen molar-refractivity contribution < 1.29 is 14.3 Å². The van der Waals surface area contributed by atoms with Crippen LogP contribution in [0, 0.1) is 23.1 Å². The van der Waals surface area contributed by atoms with Crippen LogP contribution in [0.15, 0.2) is 40.5 Å². The highest BCUT2D eigenvalue weighted by molar-refractivity contribution is 6.06. The van der Waals surface area contributed by atoms with Crippen molar-refractivity contribution in [1.82, 2.24) is 4.90 Å². The number of nitrogens with zero attached hydrogens (tertiary/aromatic N) is 3. The Hall–Kier alpha value is -3.11. The summed E-state index contributed by atoms with van der Waals surface area (Å²) in [5.41, 5.74) is -1.39. The summed E-state index contributed by atoms with van der Waals surface area (Å²) in [6.45, 7) is 9.25. The van der Waals surface area contributed by atoms with E-state index in [1.807, 2.05) is 0 Å². The van der Waals surface area contributed by atoms with Gasteiger partial charge in [-0.2, -0.15) is 0 Å². The molecule has 0 bridgehead atoms. The number of carbonyl (C=O) groups is 1. The molecule has 6 nitrogen and oxygen atoms in total. The van der Waals surface area contributed by atoms with E-state index in [9.17, 15) is 14.3 Å². The van der Waals surface area contributed by atoms with Gasteiger partial charge in [0.1, 0.15) is 5.82 Å². The van der Waals surface area contributed by atoms with Gasteiger partial charge in [-0.3, -0.25) is 4.79 Å². The molecule has 2 rings (SSSR count). The van der Waals surface area contributed by atoms with Gasteiger partial charge in [-0.25, -0.2) is 14.4 Å². The summed E-state index contributed by atoms with van der Waals surface area (Å²) >= 11 is 0. The Kier molecular flexibility index (Phi) is 6.03. The normalized spacial score (nSPS) is 19.5. The van der Waals surface area contributed by atoms with Crippen LogP contribution >= 0.6 is 0 Å². The maximum Gasteiger partial charge on any atom is 0.267 e. The average molecular weight is 368 g/mol. The second-order valence-electron chi connectivity index (χ2n) is 6.13. The van der Waals surface area contributed by atoms with Crippen molar-refractivity contribution in [2.75, 3.05) is 13.6 Å². The number of likely N-dealkylation sites (tertiary alicyclic amines) is 1. The van der Waals surface area contributed by atoms with Crippen LogP contribution in [0.1, 0.15) is 30.9 Å². The number of benzene rings is 1. The zero-order valence-corrected chi connectivity index (χ0v) is 15.3. The Morgan fingerprint density at radius 1 is 1.52 bits per heavy atom. The predicted molar refractivity (Wildman–Crippen MR) is 104 cm³/mol. The largest absolute Gasteiger partial charge is 0.369 e. The number of rotatable bonds is 4. The molecule has 1 amide bonds. The molecule has 1 unspecified atom stereocenters. The van der Waals surface area contributed by atoms with Crippen molar-refractivity contribution in [1.29, 1.82) is 5.41 Å². The lowest BCUT2D eigenvalue weighted by Crippen LogP contribution is -2.37. The fourth-order valence-corrected chi connectivity index (χ4v) is 2.52. The van der Waals surface area contributed by atoms with E-state index in [2.05, 4.69) is 35.1 Å². The molecular weight excluding hydrogens is 347 g/mol. The van der Waals surface area contributed by atoms with Gasteiger partial charge in [0.15, 0.2) is 5.84 Å². The Balaban J connectivity index is 2.42. The molecule has 140 valence electrons. The minimum Gasteiger partial charge on any atom is -0.369 e. The summed E-state index contributed by atoms with van der Waals surface area (Å²) in [5, 5.41) is 18.1. The van der Waals surface area contributed by atoms with Crippen molar-refractivity contribution in [2.45, 2.75) is 25.4 Å². The number of amidine groups is 1. The third kappa shape index (κ3) is 4.18. The molecule has 1 heterocycles. The van der Waals surface area contributed by atoms with Gasteiger partial charge in [0, 0.05) is 20.0 Å². The van der Waals surface area contributed by atoms with Crippen LogP contribution in [0.2, 0.25) is 0 Å². The molecule has 0 aromatic heterocycles. The Morgan fingerprint density at radius 3 is 2.78 bits per heavy atom. The maximum absolute atomic E-state index is 14.9. The van der Waals surface area contributed by atoms with Crippen molar-refractivity contribution in [3.8, 4) is 11.8 Å². The smallest absolute Gasteiger partial charge is 0.267 e. The van der Waals surface area contributed by atoms with Gasteiger partial charge in [0.25, 0.3) is 5.91 Å². The van der Waals surface area contributed by atoms with Gasteiger partial charge in [0.05, 0.1) is 22.5 Å². The number of aliphatic hydroxyl groups is 1. The fourth-order valence-electron chi connectivity index (χ4n) is 2.52. The number of aliphatic imine (C=N–C) groups is 2. The summed E-state index contributed by atoms with van der Waals surface area (Å²) in [5.74, 6) is 3.81. The van der Waals surface area contributed by atoms with Gasteiger partial charge < -0.3 is 15.4 Å². The molecule has 1 fully saturated rings. The molecule has 1 aromatic carbocycles. The second kappa shape index (κ2) is 8.06. The lowest BCUT2D eigenvalue weighted by Gasteiger charge is -2.13. The van der Waals surface area contributed by atoms with Gasteiger partial charge in [-0.05, 0) is 25.3 Å². The average Bonchev–Trinajstić information content (AvgIpc) is 2.92. The van der Waals surface area contributed by atoms with E-state index < -0.39 is 17.3 Å². The van der Waals surface area contributed by atoms with Gasteiger partial charge in [-0.15, -0.1) is 0 Å². The van der Waals surface area contributed by atoms with E-state index in [0.717, 1.165) is 0 Å². The van der Waals surface area contributed by atoms with Crippen molar-refractivity contribution in [3.05, 3.63) is 47.4 Å². The van der Waals surface area contributed by atoms with E-state index in [1.54, 1.807) is 20.0 Å². The third-order valence-electron chi connectivity index (χ3n) is 4.25. The number of amides is 1. The van der Waals surface area contributed by atoms with Crippen LogP contribution < -0.4 is 0 Å². The van der Waals surface area contributed by atoms with E-state index >= 15 is 0 Å². The number of nitrogens with one attached hydrogen (secondary N) is 1. The quantitative estimate of drug-likeness (QED) is 0.484. The number of carbonyl (C=O) groups excluding carboxylic acids is 1. The molecule has 0 spiro atoms. The summed E-state index contributed by atoms with van der Waals surface area (Å²) in [6, 6.07) is 4.45. The molecule has 0 aliphatic carbocycles. The molecule has 1 aliphatic heterocycles. The molecule has 0 radical (unpaired) electrons. The molecule has 7 heteroatoms. The van der Waals surface area contributed by atoms with E-state index in [0.29, 0.717) is 13.0 Å². The van der Waals surface area contributed by atoms with Crippen molar-refractivity contribution >= 4 is 24.2 Å². The van der Waals surface area contributed by atoms with Crippen LogP contribution in [0.3, 0.4) is 0 Å². The van der Waals surface area contributed by atoms with Crippen molar-refractivity contribution in [2.24, 2.45) is 9.98 Å². The minimum atomic E-state index is -1.81. The molecular formula is C20H21FN4O2. The van der Waals surface area contributed by atoms with Crippen LogP contribution in [0.25, 0.3) is 0 Å². The lowest BCUT2D eigenvalue weighted by atomic mass is 10.0. The van der Waals surface area contributed by atoms with E-state index in [4.69, 9.17) is 5.41 Å². The molecule has 1 atom stereocenters. The molecule has 1 aliphatic rings. The first kappa shape index (κ1) is 20.2. The van der Waals surface area contributed by atoms with Crippen molar-refractivity contribution in [3.63, 3.8) is 0 Å². The van der Waals surface area contributed by atoms with Gasteiger partial charge in [0.2, 0.25) is 5.60 Å². The highest BCUT2D eigenvalue weighted by Gasteiger charge is 2.42.